The summed E-state index contributed by atoms with van der Waals surface area (Å²) in [6.07, 6.45) is -4.74. The molecule has 0 aliphatic carbocycles. The maximum absolute atomic E-state index is 12.0. The van der Waals surface area contributed by atoms with E-state index >= 15 is 0 Å². The SMILES string of the molecule is CN(CC(C)(C)CN)C(=O)Nc1ccc(OC(F)(F)F)cc1. The van der Waals surface area contributed by atoms with Gasteiger partial charge in [-0.05, 0) is 36.2 Å². The molecule has 0 saturated carbocycles. The molecule has 5 nitrogen and oxygen atoms in total. The molecule has 1 aromatic carbocycles. The number of nitrogens with two attached hydrogens (primary N) is 1. The lowest BCUT2D eigenvalue weighted by Crippen LogP contribution is -2.41. The van der Waals surface area contributed by atoms with Crippen molar-refractivity contribution >= 4 is 11.7 Å². The summed E-state index contributed by atoms with van der Waals surface area (Å²) in [6.45, 7) is 4.73. The highest BCUT2D eigenvalue weighted by Gasteiger charge is 2.31. The van der Waals surface area contributed by atoms with Crippen LogP contribution in [0.1, 0.15) is 13.8 Å². The smallest absolute Gasteiger partial charge is 0.406 e. The van der Waals surface area contributed by atoms with Crippen LogP contribution in [0.25, 0.3) is 0 Å². The average Bonchev–Trinajstić information content (AvgIpc) is 2.39. The lowest BCUT2D eigenvalue weighted by Gasteiger charge is -2.29. The molecule has 0 spiro atoms. The molecule has 22 heavy (non-hydrogen) atoms. The first-order valence-electron chi connectivity index (χ1n) is 6.60. The Morgan fingerprint density at radius 1 is 1.27 bits per heavy atom. The van der Waals surface area contributed by atoms with Crippen LogP contribution in [0.5, 0.6) is 5.75 Å². The highest BCUT2D eigenvalue weighted by atomic mass is 19.4. The summed E-state index contributed by atoms with van der Waals surface area (Å²) in [5.74, 6) is -0.344. The van der Waals surface area contributed by atoms with Crippen molar-refractivity contribution in [2.45, 2.75) is 20.2 Å². The van der Waals surface area contributed by atoms with Gasteiger partial charge in [-0.25, -0.2) is 4.79 Å². The van der Waals surface area contributed by atoms with E-state index in [4.69, 9.17) is 5.73 Å². The number of rotatable bonds is 5. The van der Waals surface area contributed by atoms with Crippen molar-refractivity contribution in [1.29, 1.82) is 0 Å². The number of halogens is 3. The summed E-state index contributed by atoms with van der Waals surface area (Å²) in [6, 6.07) is 4.56. The fourth-order valence-corrected chi connectivity index (χ4v) is 1.74. The van der Waals surface area contributed by atoms with Crippen LogP contribution in [0, 0.1) is 5.41 Å². The van der Waals surface area contributed by atoms with Crippen molar-refractivity contribution in [3.8, 4) is 5.75 Å². The molecule has 0 bridgehead atoms. The van der Waals surface area contributed by atoms with Gasteiger partial charge in [0.05, 0.1) is 0 Å². The number of nitrogens with zero attached hydrogens (tertiary/aromatic N) is 1. The molecule has 1 aromatic rings. The van der Waals surface area contributed by atoms with Gasteiger partial charge in [0.25, 0.3) is 0 Å². The number of anilines is 1. The topological polar surface area (TPSA) is 67.6 Å². The van der Waals surface area contributed by atoms with Gasteiger partial charge in [-0.1, -0.05) is 13.8 Å². The molecule has 1 rings (SSSR count). The zero-order valence-corrected chi connectivity index (χ0v) is 12.7. The van der Waals surface area contributed by atoms with Crippen molar-refractivity contribution in [3.05, 3.63) is 24.3 Å². The molecule has 3 N–H and O–H groups in total. The number of nitrogens with one attached hydrogen (secondary N) is 1. The summed E-state index contributed by atoms with van der Waals surface area (Å²) in [4.78, 5) is 13.4. The van der Waals surface area contributed by atoms with E-state index in [2.05, 4.69) is 10.1 Å². The summed E-state index contributed by atoms with van der Waals surface area (Å²) in [5, 5.41) is 2.59. The summed E-state index contributed by atoms with van der Waals surface area (Å²) >= 11 is 0. The fourth-order valence-electron chi connectivity index (χ4n) is 1.74. The molecule has 0 heterocycles. The molecular weight excluding hydrogens is 299 g/mol. The molecule has 124 valence electrons. The Labute approximate surface area is 127 Å². The Bertz CT molecular complexity index is 501. The Morgan fingerprint density at radius 3 is 2.27 bits per heavy atom. The maximum atomic E-state index is 12.0. The van der Waals surface area contributed by atoms with Gasteiger partial charge in [0, 0.05) is 19.3 Å². The zero-order chi connectivity index (χ0) is 17.0. The molecular formula is C14H20F3N3O2. The largest absolute Gasteiger partial charge is 0.573 e. The van der Waals surface area contributed by atoms with Crippen LogP contribution in [-0.2, 0) is 0 Å². The van der Waals surface area contributed by atoms with Crippen LogP contribution in [0.15, 0.2) is 24.3 Å². The normalized spacial score (nSPS) is 12.0. The predicted molar refractivity (Wildman–Crippen MR) is 77.6 cm³/mol. The molecule has 0 aliphatic heterocycles. The van der Waals surface area contributed by atoms with E-state index in [0.29, 0.717) is 18.8 Å². The minimum Gasteiger partial charge on any atom is -0.406 e. The molecule has 0 unspecified atom stereocenters. The Balaban J connectivity index is 2.61. The minimum absolute atomic E-state index is 0.226. The van der Waals surface area contributed by atoms with E-state index in [-0.39, 0.29) is 17.2 Å². The second-order valence-electron chi connectivity index (χ2n) is 5.73. The maximum Gasteiger partial charge on any atom is 0.573 e. The number of carbonyl (C=O) groups is 1. The number of benzene rings is 1. The quantitative estimate of drug-likeness (QED) is 0.876. The number of hydrogen-bond acceptors (Lipinski definition) is 3. The first kappa shape index (κ1) is 18.1. The van der Waals surface area contributed by atoms with Crippen molar-refractivity contribution in [1.82, 2.24) is 4.90 Å². The summed E-state index contributed by atoms with van der Waals surface area (Å²) < 4.78 is 39.9. The van der Waals surface area contributed by atoms with Crippen LogP contribution in [-0.4, -0.2) is 37.4 Å². The summed E-state index contributed by atoms with van der Waals surface area (Å²) in [5.41, 5.74) is 5.76. The van der Waals surface area contributed by atoms with Crippen LogP contribution >= 0.6 is 0 Å². The first-order valence-corrected chi connectivity index (χ1v) is 6.60. The second kappa shape index (κ2) is 6.87. The highest BCUT2D eigenvalue weighted by molar-refractivity contribution is 5.89. The number of ether oxygens (including phenoxy) is 1. The van der Waals surface area contributed by atoms with Crippen molar-refractivity contribution in [2.75, 3.05) is 25.5 Å². The van der Waals surface area contributed by atoms with E-state index < -0.39 is 6.36 Å². The van der Waals surface area contributed by atoms with Crippen LogP contribution < -0.4 is 15.8 Å². The van der Waals surface area contributed by atoms with Crippen molar-refractivity contribution < 1.29 is 22.7 Å². The van der Waals surface area contributed by atoms with Crippen molar-refractivity contribution in [2.24, 2.45) is 11.1 Å². The van der Waals surface area contributed by atoms with Gasteiger partial charge in [-0.15, -0.1) is 13.2 Å². The number of carbonyl (C=O) groups excluding carboxylic acids is 1. The molecule has 0 saturated heterocycles. The van der Waals surface area contributed by atoms with Crippen LogP contribution in [0.4, 0.5) is 23.7 Å². The fraction of sp³-hybridized carbons (Fsp3) is 0.500. The predicted octanol–water partition coefficient (Wildman–Crippen LogP) is 3.03. The van der Waals surface area contributed by atoms with Gasteiger partial charge in [-0.3, -0.25) is 0 Å². The molecule has 0 aromatic heterocycles. The molecule has 0 aliphatic rings. The molecule has 2 amide bonds. The van der Waals surface area contributed by atoms with Crippen LogP contribution in [0.3, 0.4) is 0 Å². The third-order valence-electron chi connectivity index (χ3n) is 2.90. The molecule has 0 atom stereocenters. The number of hydrogen-bond donors (Lipinski definition) is 2. The van der Waals surface area contributed by atoms with Gasteiger partial charge >= 0.3 is 12.4 Å². The first-order chi connectivity index (χ1) is 10.0. The number of alkyl halides is 3. The minimum atomic E-state index is -4.74. The van der Waals surface area contributed by atoms with Gasteiger partial charge in [-0.2, -0.15) is 0 Å². The lowest BCUT2D eigenvalue weighted by atomic mass is 9.93. The summed E-state index contributed by atoms with van der Waals surface area (Å²) in [7, 11) is 1.62. The van der Waals surface area contributed by atoms with E-state index in [9.17, 15) is 18.0 Å². The Morgan fingerprint density at radius 2 is 1.82 bits per heavy atom. The van der Waals surface area contributed by atoms with Crippen LogP contribution in [0.2, 0.25) is 0 Å². The van der Waals surface area contributed by atoms with Gasteiger partial charge in [0.2, 0.25) is 0 Å². The van der Waals surface area contributed by atoms with E-state index in [0.717, 1.165) is 12.1 Å². The van der Waals surface area contributed by atoms with E-state index in [1.165, 1.54) is 17.0 Å². The van der Waals surface area contributed by atoms with Gasteiger partial charge in [0.15, 0.2) is 0 Å². The standard InChI is InChI=1S/C14H20F3N3O2/c1-13(2,8-18)9-20(3)12(21)19-10-4-6-11(7-5-10)22-14(15,16)17/h4-7H,8-9,18H2,1-3H3,(H,19,21). The van der Waals surface area contributed by atoms with E-state index in [1.807, 2.05) is 13.8 Å². The third kappa shape index (κ3) is 6.21. The Hall–Kier alpha value is -1.96. The number of urea groups is 1. The molecule has 0 fully saturated rings. The van der Waals surface area contributed by atoms with Gasteiger partial charge < -0.3 is 20.7 Å². The second-order valence-corrected chi connectivity index (χ2v) is 5.73. The Kier molecular flexibility index (Phi) is 5.65. The molecule has 8 heteroatoms. The zero-order valence-electron chi connectivity index (χ0n) is 12.7. The van der Waals surface area contributed by atoms with Gasteiger partial charge in [0.1, 0.15) is 5.75 Å². The number of amides is 2. The van der Waals surface area contributed by atoms with Crippen molar-refractivity contribution in [3.63, 3.8) is 0 Å². The highest BCUT2D eigenvalue weighted by Crippen LogP contribution is 2.24. The van der Waals surface area contributed by atoms with E-state index in [1.54, 1.807) is 7.05 Å². The monoisotopic (exact) mass is 319 g/mol. The molecule has 0 radical (unpaired) electrons. The lowest BCUT2D eigenvalue weighted by molar-refractivity contribution is -0.274. The average molecular weight is 319 g/mol. The third-order valence-corrected chi connectivity index (χ3v) is 2.90.